The molecular weight excluding hydrogens is 310 g/mol. The van der Waals surface area contributed by atoms with Crippen molar-refractivity contribution in [3.8, 4) is 5.88 Å². The summed E-state index contributed by atoms with van der Waals surface area (Å²) in [6.45, 7) is 0. The van der Waals surface area contributed by atoms with E-state index in [1.807, 2.05) is 18.2 Å². The maximum Gasteiger partial charge on any atom is 0.247 e. The minimum absolute atomic E-state index is 0.108. The van der Waals surface area contributed by atoms with Crippen LogP contribution in [0.25, 0.3) is 11.0 Å². The molecule has 24 heavy (non-hydrogen) atoms. The number of amides is 1. The summed E-state index contributed by atoms with van der Waals surface area (Å²) >= 11 is 0. The average Bonchev–Trinajstić information content (AvgIpc) is 2.63. The Morgan fingerprint density at radius 3 is 2.67 bits per heavy atom. The molecule has 0 bridgehead atoms. The van der Waals surface area contributed by atoms with Gasteiger partial charge in [-0.25, -0.2) is 15.4 Å². The maximum absolute atomic E-state index is 11.1. The van der Waals surface area contributed by atoms with Crippen molar-refractivity contribution in [2.24, 2.45) is 0 Å². The van der Waals surface area contributed by atoms with Gasteiger partial charge in [0.15, 0.2) is 5.65 Å². The van der Waals surface area contributed by atoms with E-state index in [9.17, 15) is 4.79 Å². The van der Waals surface area contributed by atoms with Crippen molar-refractivity contribution in [1.82, 2.24) is 20.4 Å². The number of hydrogen-bond acceptors (Lipinski definition) is 7. The summed E-state index contributed by atoms with van der Waals surface area (Å²) in [6, 6.07) is 10.8. The third-order valence-electron chi connectivity index (χ3n) is 3.39. The van der Waals surface area contributed by atoms with Crippen LogP contribution >= 0.6 is 0 Å². The van der Waals surface area contributed by atoms with Gasteiger partial charge in [0.05, 0.1) is 18.9 Å². The number of anilines is 2. The molecule has 122 valence electrons. The number of ether oxygens (including phenoxy) is 1. The fourth-order valence-electron chi connectivity index (χ4n) is 2.21. The fraction of sp³-hybridized carbons (Fsp3) is 0.125. The summed E-state index contributed by atoms with van der Waals surface area (Å²) in [5.74, 6) is 0.646. The van der Waals surface area contributed by atoms with Crippen molar-refractivity contribution in [2.45, 2.75) is 6.42 Å². The first kappa shape index (κ1) is 15.6. The van der Waals surface area contributed by atoms with E-state index in [4.69, 9.17) is 9.94 Å². The van der Waals surface area contributed by atoms with Crippen LogP contribution in [-0.4, -0.2) is 33.2 Å². The number of nitrogens with one attached hydrogen (secondary N) is 2. The van der Waals surface area contributed by atoms with E-state index in [1.54, 1.807) is 30.8 Å². The van der Waals surface area contributed by atoms with E-state index in [1.165, 1.54) is 6.33 Å². The highest BCUT2D eigenvalue weighted by molar-refractivity contribution is 5.88. The Morgan fingerprint density at radius 2 is 1.96 bits per heavy atom. The van der Waals surface area contributed by atoms with Crippen molar-refractivity contribution < 1.29 is 14.7 Å². The molecule has 3 aromatic rings. The number of aromatic nitrogens is 3. The summed E-state index contributed by atoms with van der Waals surface area (Å²) < 4.78 is 5.09. The van der Waals surface area contributed by atoms with Gasteiger partial charge in [-0.05, 0) is 23.8 Å². The highest BCUT2D eigenvalue weighted by Gasteiger charge is 2.07. The predicted molar refractivity (Wildman–Crippen MR) is 87.2 cm³/mol. The predicted octanol–water partition coefficient (Wildman–Crippen LogP) is 1.82. The van der Waals surface area contributed by atoms with E-state index in [0.29, 0.717) is 17.3 Å². The zero-order chi connectivity index (χ0) is 16.9. The van der Waals surface area contributed by atoms with Crippen LogP contribution in [0.3, 0.4) is 0 Å². The van der Waals surface area contributed by atoms with Crippen LogP contribution in [0.5, 0.6) is 5.88 Å². The molecule has 0 aliphatic rings. The summed E-state index contributed by atoms with van der Waals surface area (Å²) in [4.78, 5) is 23.8. The van der Waals surface area contributed by atoms with Gasteiger partial charge in [0.25, 0.3) is 0 Å². The van der Waals surface area contributed by atoms with Crippen LogP contribution in [0.2, 0.25) is 0 Å². The number of methoxy groups -OCH3 is 1. The number of pyridine rings is 1. The summed E-state index contributed by atoms with van der Waals surface area (Å²) in [7, 11) is 1.55. The quantitative estimate of drug-likeness (QED) is 0.485. The van der Waals surface area contributed by atoms with E-state index in [2.05, 4.69) is 20.3 Å². The SMILES string of the molecule is COc1ccc2c(Nc3ccc(CC(=O)NO)cc3)ncnc2n1. The monoisotopic (exact) mass is 325 g/mol. The Hall–Kier alpha value is -3.26. The largest absolute Gasteiger partial charge is 0.481 e. The van der Waals surface area contributed by atoms with Gasteiger partial charge in [-0.1, -0.05) is 12.1 Å². The lowest BCUT2D eigenvalue weighted by Gasteiger charge is -2.09. The highest BCUT2D eigenvalue weighted by Crippen LogP contribution is 2.23. The first-order valence-corrected chi connectivity index (χ1v) is 7.14. The normalized spacial score (nSPS) is 10.4. The smallest absolute Gasteiger partial charge is 0.247 e. The van der Waals surface area contributed by atoms with Crippen LogP contribution in [0.15, 0.2) is 42.7 Å². The molecule has 0 unspecified atom stereocenters. The van der Waals surface area contributed by atoms with Crippen molar-refractivity contribution in [1.29, 1.82) is 0 Å². The number of fused-ring (bicyclic) bond motifs is 1. The summed E-state index contributed by atoms with van der Waals surface area (Å²) in [5, 5.41) is 12.5. The Bertz CT molecular complexity index is 867. The van der Waals surface area contributed by atoms with E-state index < -0.39 is 5.91 Å². The zero-order valence-electron chi connectivity index (χ0n) is 12.9. The second kappa shape index (κ2) is 6.88. The molecule has 0 fully saturated rings. The lowest BCUT2D eigenvalue weighted by atomic mass is 10.1. The first-order valence-electron chi connectivity index (χ1n) is 7.14. The number of benzene rings is 1. The molecule has 3 rings (SSSR count). The Kier molecular flexibility index (Phi) is 4.48. The van der Waals surface area contributed by atoms with Crippen molar-refractivity contribution in [3.05, 3.63) is 48.3 Å². The fourth-order valence-corrected chi connectivity index (χ4v) is 2.21. The molecule has 2 aromatic heterocycles. The minimum atomic E-state index is -0.461. The van der Waals surface area contributed by atoms with Gasteiger partial charge in [0.1, 0.15) is 12.1 Å². The Labute approximate surface area is 137 Å². The van der Waals surface area contributed by atoms with Crippen LogP contribution in [0.1, 0.15) is 5.56 Å². The average molecular weight is 325 g/mol. The summed E-state index contributed by atoms with van der Waals surface area (Å²) in [6.07, 6.45) is 1.54. The highest BCUT2D eigenvalue weighted by atomic mass is 16.5. The number of carbonyl (C=O) groups excluding carboxylic acids is 1. The van der Waals surface area contributed by atoms with Gasteiger partial charge in [-0.3, -0.25) is 10.0 Å². The molecule has 1 aromatic carbocycles. The third-order valence-corrected chi connectivity index (χ3v) is 3.39. The maximum atomic E-state index is 11.1. The summed E-state index contributed by atoms with van der Waals surface area (Å²) in [5.41, 5.74) is 3.73. The molecule has 0 aliphatic carbocycles. The van der Waals surface area contributed by atoms with Crippen LogP contribution in [-0.2, 0) is 11.2 Å². The molecule has 0 saturated heterocycles. The van der Waals surface area contributed by atoms with Gasteiger partial charge in [-0.15, -0.1) is 0 Å². The molecule has 0 radical (unpaired) electrons. The molecule has 0 atom stereocenters. The Balaban J connectivity index is 1.83. The van der Waals surface area contributed by atoms with E-state index in [-0.39, 0.29) is 6.42 Å². The zero-order valence-corrected chi connectivity index (χ0v) is 12.9. The van der Waals surface area contributed by atoms with Crippen LogP contribution < -0.4 is 15.5 Å². The topological polar surface area (TPSA) is 109 Å². The van der Waals surface area contributed by atoms with Gasteiger partial charge in [0, 0.05) is 11.8 Å². The standard InChI is InChI=1S/C16H15N5O3/c1-24-14-7-6-12-15(17-9-18-16(12)20-14)19-11-4-2-10(3-5-11)8-13(22)21-23/h2-7,9,23H,8H2,1H3,(H,21,22)(H,17,18,19,20). The number of carbonyl (C=O) groups is 1. The lowest BCUT2D eigenvalue weighted by molar-refractivity contribution is -0.128. The van der Waals surface area contributed by atoms with Crippen LogP contribution in [0, 0.1) is 0 Å². The second-order valence-corrected chi connectivity index (χ2v) is 4.98. The van der Waals surface area contributed by atoms with Crippen molar-refractivity contribution in [3.63, 3.8) is 0 Å². The first-order chi connectivity index (χ1) is 11.7. The molecule has 8 nitrogen and oxygen atoms in total. The molecule has 0 aliphatic heterocycles. The number of hydroxylamine groups is 1. The molecule has 8 heteroatoms. The number of rotatable bonds is 5. The number of hydrogen-bond donors (Lipinski definition) is 3. The second-order valence-electron chi connectivity index (χ2n) is 4.98. The van der Waals surface area contributed by atoms with E-state index >= 15 is 0 Å². The van der Waals surface area contributed by atoms with Gasteiger partial charge < -0.3 is 10.1 Å². The minimum Gasteiger partial charge on any atom is -0.481 e. The molecular formula is C16H15N5O3. The molecule has 3 N–H and O–H groups in total. The molecule has 0 saturated carbocycles. The van der Waals surface area contributed by atoms with Gasteiger partial charge in [0.2, 0.25) is 11.8 Å². The molecule has 1 amide bonds. The van der Waals surface area contributed by atoms with Crippen molar-refractivity contribution in [2.75, 3.05) is 12.4 Å². The molecule has 0 spiro atoms. The lowest BCUT2D eigenvalue weighted by Crippen LogP contribution is -2.20. The van der Waals surface area contributed by atoms with Gasteiger partial charge in [-0.2, -0.15) is 4.98 Å². The number of nitrogens with zero attached hydrogens (tertiary/aromatic N) is 3. The molecule has 2 heterocycles. The third kappa shape index (κ3) is 3.39. The van der Waals surface area contributed by atoms with Crippen LogP contribution in [0.4, 0.5) is 11.5 Å². The van der Waals surface area contributed by atoms with Crippen molar-refractivity contribution >= 4 is 28.4 Å². The van der Waals surface area contributed by atoms with E-state index in [0.717, 1.165) is 16.6 Å². The van der Waals surface area contributed by atoms with Gasteiger partial charge >= 0.3 is 0 Å². The Morgan fingerprint density at radius 1 is 1.17 bits per heavy atom.